The molecule has 0 bridgehead atoms. The number of carbonyl (C=O) groups excluding carboxylic acids is 1. The van der Waals surface area contributed by atoms with Crippen LogP contribution in [0.15, 0.2) is 36.7 Å². The maximum atomic E-state index is 14.2. The number of fused-ring (bicyclic) bond motifs is 1. The molecule has 0 spiro atoms. The smallest absolute Gasteiger partial charge is 0.222 e. The molecule has 0 saturated heterocycles. The Hall–Kier alpha value is -3.03. The molecule has 2 aromatic heterocycles. The van der Waals surface area contributed by atoms with Crippen molar-refractivity contribution in [3.05, 3.63) is 65.2 Å². The number of hydrogen-bond acceptors (Lipinski definition) is 3. The van der Waals surface area contributed by atoms with Gasteiger partial charge in [-0.05, 0) is 44.4 Å². The van der Waals surface area contributed by atoms with Gasteiger partial charge in [0.2, 0.25) is 5.91 Å². The first-order valence-electron chi connectivity index (χ1n) is 9.33. The van der Waals surface area contributed by atoms with E-state index in [0.29, 0.717) is 13.0 Å². The average Bonchev–Trinajstić information content (AvgIpc) is 3.27. The van der Waals surface area contributed by atoms with Crippen LogP contribution >= 0.6 is 0 Å². The van der Waals surface area contributed by atoms with Crippen molar-refractivity contribution in [1.29, 1.82) is 0 Å². The molecule has 3 aromatic rings. The summed E-state index contributed by atoms with van der Waals surface area (Å²) in [4.78, 5) is 12.4. The molecule has 0 saturated carbocycles. The van der Waals surface area contributed by atoms with Crippen LogP contribution in [-0.2, 0) is 17.8 Å². The SMILES string of the molecule is Cc1ccn(CCC(=O)N[C@@H]2CCCc3c2cnn3-c2ccc(F)cc2F)n1. The van der Waals surface area contributed by atoms with E-state index in [0.717, 1.165) is 42.3 Å². The van der Waals surface area contributed by atoms with Gasteiger partial charge in [-0.25, -0.2) is 13.5 Å². The van der Waals surface area contributed by atoms with Crippen molar-refractivity contribution in [2.24, 2.45) is 0 Å². The van der Waals surface area contributed by atoms with Crippen LogP contribution in [0.25, 0.3) is 5.69 Å². The zero-order valence-corrected chi connectivity index (χ0v) is 15.5. The van der Waals surface area contributed by atoms with Crippen molar-refractivity contribution in [3.8, 4) is 5.69 Å². The Morgan fingerprint density at radius 1 is 1.32 bits per heavy atom. The van der Waals surface area contributed by atoms with Crippen LogP contribution in [0.1, 0.15) is 42.3 Å². The first kappa shape index (κ1) is 18.3. The van der Waals surface area contributed by atoms with Crippen molar-refractivity contribution in [3.63, 3.8) is 0 Å². The maximum absolute atomic E-state index is 14.2. The summed E-state index contributed by atoms with van der Waals surface area (Å²) in [7, 11) is 0. The predicted octanol–water partition coefficient (Wildman–Crippen LogP) is 3.24. The second-order valence-corrected chi connectivity index (χ2v) is 7.04. The molecule has 1 aromatic carbocycles. The second kappa shape index (κ2) is 7.53. The molecule has 1 N–H and O–H groups in total. The summed E-state index contributed by atoms with van der Waals surface area (Å²) >= 11 is 0. The Bertz CT molecular complexity index is 1010. The van der Waals surface area contributed by atoms with E-state index in [1.807, 2.05) is 19.2 Å². The highest BCUT2D eigenvalue weighted by atomic mass is 19.1. The Kier molecular flexibility index (Phi) is 4.93. The largest absolute Gasteiger partial charge is 0.349 e. The number of benzene rings is 1. The number of amides is 1. The highest BCUT2D eigenvalue weighted by molar-refractivity contribution is 5.76. The summed E-state index contributed by atoms with van der Waals surface area (Å²) in [6.45, 7) is 2.42. The Labute approximate surface area is 161 Å². The standard InChI is InChI=1S/C20H21F2N5O/c1-13-7-9-26(25-13)10-8-20(28)24-17-3-2-4-18-15(17)12-23-27(18)19-6-5-14(21)11-16(19)22/h5-7,9,11-12,17H,2-4,8,10H2,1H3,(H,24,28)/t17-/m1/s1. The zero-order chi connectivity index (χ0) is 19.7. The fourth-order valence-corrected chi connectivity index (χ4v) is 3.64. The van der Waals surface area contributed by atoms with E-state index in [2.05, 4.69) is 15.5 Å². The van der Waals surface area contributed by atoms with Gasteiger partial charge < -0.3 is 5.32 Å². The fourth-order valence-electron chi connectivity index (χ4n) is 3.64. The van der Waals surface area contributed by atoms with E-state index < -0.39 is 11.6 Å². The van der Waals surface area contributed by atoms with Gasteiger partial charge in [0, 0.05) is 36.5 Å². The molecule has 1 atom stereocenters. The first-order chi connectivity index (χ1) is 13.5. The molecule has 1 amide bonds. The quantitative estimate of drug-likeness (QED) is 0.733. The molecule has 28 heavy (non-hydrogen) atoms. The minimum Gasteiger partial charge on any atom is -0.349 e. The molecule has 2 heterocycles. The second-order valence-electron chi connectivity index (χ2n) is 7.04. The van der Waals surface area contributed by atoms with Crippen LogP contribution < -0.4 is 5.32 Å². The molecule has 1 aliphatic carbocycles. The molecule has 146 valence electrons. The predicted molar refractivity (Wildman–Crippen MR) is 98.9 cm³/mol. The van der Waals surface area contributed by atoms with E-state index in [1.165, 1.54) is 16.8 Å². The van der Waals surface area contributed by atoms with Crippen molar-refractivity contribution in [2.75, 3.05) is 0 Å². The molecule has 0 unspecified atom stereocenters. The number of aryl methyl sites for hydroxylation is 2. The van der Waals surface area contributed by atoms with Crippen LogP contribution in [0.4, 0.5) is 8.78 Å². The van der Waals surface area contributed by atoms with Crippen molar-refractivity contribution >= 4 is 5.91 Å². The molecular formula is C20H21F2N5O. The van der Waals surface area contributed by atoms with Crippen LogP contribution in [0.5, 0.6) is 0 Å². The van der Waals surface area contributed by atoms with Crippen molar-refractivity contribution in [2.45, 2.75) is 45.2 Å². The molecular weight excluding hydrogens is 364 g/mol. The maximum Gasteiger partial charge on any atom is 0.222 e. The van der Waals surface area contributed by atoms with Gasteiger partial charge in [-0.2, -0.15) is 10.2 Å². The number of hydrogen-bond donors (Lipinski definition) is 1. The molecule has 1 aliphatic rings. The van der Waals surface area contributed by atoms with E-state index in [-0.39, 0.29) is 17.6 Å². The topological polar surface area (TPSA) is 64.7 Å². The summed E-state index contributed by atoms with van der Waals surface area (Å²) in [5, 5.41) is 11.6. The normalized spacial score (nSPS) is 16.0. The highest BCUT2D eigenvalue weighted by Crippen LogP contribution is 2.31. The van der Waals surface area contributed by atoms with E-state index in [9.17, 15) is 13.6 Å². The lowest BCUT2D eigenvalue weighted by Gasteiger charge is -2.24. The lowest BCUT2D eigenvalue weighted by atomic mass is 9.92. The molecule has 6 nitrogen and oxygen atoms in total. The zero-order valence-electron chi connectivity index (χ0n) is 15.5. The number of rotatable bonds is 5. The third kappa shape index (κ3) is 3.67. The number of nitrogens with zero attached hydrogens (tertiary/aromatic N) is 4. The van der Waals surface area contributed by atoms with Crippen LogP contribution in [0, 0.1) is 18.6 Å². The Balaban J connectivity index is 1.48. The van der Waals surface area contributed by atoms with E-state index >= 15 is 0 Å². The molecule has 0 aliphatic heterocycles. The molecule has 0 fully saturated rings. The number of halogens is 2. The van der Waals surface area contributed by atoms with E-state index in [1.54, 1.807) is 10.9 Å². The van der Waals surface area contributed by atoms with E-state index in [4.69, 9.17) is 0 Å². The van der Waals surface area contributed by atoms with Gasteiger partial charge >= 0.3 is 0 Å². The van der Waals surface area contributed by atoms with Crippen LogP contribution in [0.2, 0.25) is 0 Å². The van der Waals surface area contributed by atoms with Crippen molar-refractivity contribution in [1.82, 2.24) is 24.9 Å². The number of nitrogens with one attached hydrogen (secondary N) is 1. The van der Waals surface area contributed by atoms with Gasteiger partial charge in [-0.1, -0.05) is 0 Å². The number of carbonyl (C=O) groups is 1. The Morgan fingerprint density at radius 2 is 2.18 bits per heavy atom. The molecule has 8 heteroatoms. The van der Waals surface area contributed by atoms with Crippen LogP contribution in [0.3, 0.4) is 0 Å². The summed E-state index contributed by atoms with van der Waals surface area (Å²) in [5.74, 6) is -1.35. The minimum absolute atomic E-state index is 0.0632. The van der Waals surface area contributed by atoms with Gasteiger partial charge in [0.05, 0.1) is 17.9 Å². The summed E-state index contributed by atoms with van der Waals surface area (Å²) in [5.41, 5.74) is 2.87. The van der Waals surface area contributed by atoms with Gasteiger partial charge in [-0.3, -0.25) is 9.48 Å². The lowest BCUT2D eigenvalue weighted by Crippen LogP contribution is -2.31. The van der Waals surface area contributed by atoms with Crippen LogP contribution in [-0.4, -0.2) is 25.5 Å². The fraction of sp³-hybridized carbons (Fsp3) is 0.350. The van der Waals surface area contributed by atoms with Gasteiger partial charge in [0.1, 0.15) is 11.5 Å². The third-order valence-corrected chi connectivity index (χ3v) is 5.00. The van der Waals surface area contributed by atoms with Gasteiger partial charge in [0.15, 0.2) is 5.82 Å². The summed E-state index contributed by atoms with van der Waals surface area (Å²) < 4.78 is 30.6. The number of aromatic nitrogens is 4. The lowest BCUT2D eigenvalue weighted by molar-refractivity contribution is -0.122. The van der Waals surface area contributed by atoms with Gasteiger partial charge in [0.25, 0.3) is 0 Å². The Morgan fingerprint density at radius 3 is 2.93 bits per heavy atom. The van der Waals surface area contributed by atoms with Crippen molar-refractivity contribution < 1.29 is 13.6 Å². The average molecular weight is 385 g/mol. The monoisotopic (exact) mass is 385 g/mol. The van der Waals surface area contributed by atoms with Gasteiger partial charge in [-0.15, -0.1) is 0 Å². The molecule has 4 rings (SSSR count). The first-order valence-corrected chi connectivity index (χ1v) is 9.33. The summed E-state index contributed by atoms with van der Waals surface area (Å²) in [6.07, 6.45) is 6.22. The minimum atomic E-state index is -0.661. The third-order valence-electron chi connectivity index (χ3n) is 5.00. The summed E-state index contributed by atoms with van der Waals surface area (Å²) in [6, 6.07) is 5.18. The molecule has 0 radical (unpaired) electrons. The highest BCUT2D eigenvalue weighted by Gasteiger charge is 2.26.